The summed E-state index contributed by atoms with van der Waals surface area (Å²) >= 11 is 0. The number of hydrogen-bond donors (Lipinski definition) is 2. The fraction of sp³-hybridized carbons (Fsp3) is 0.286. The average Bonchev–Trinajstić information content (AvgIpc) is 2.40. The Labute approximate surface area is 111 Å². The number of aliphatic hydroxyl groups excluding tert-OH is 1. The van der Waals surface area contributed by atoms with Gasteiger partial charge in [-0.2, -0.15) is 0 Å². The molecule has 0 saturated heterocycles. The molecule has 0 spiro atoms. The van der Waals surface area contributed by atoms with Gasteiger partial charge in [0.15, 0.2) is 0 Å². The van der Waals surface area contributed by atoms with Crippen LogP contribution in [0.4, 0.5) is 10.2 Å². The number of halogens is 1. The van der Waals surface area contributed by atoms with Gasteiger partial charge in [-0.05, 0) is 31.0 Å². The van der Waals surface area contributed by atoms with Gasteiger partial charge in [0, 0.05) is 18.4 Å². The Morgan fingerprint density at radius 1 is 1.26 bits per heavy atom. The number of hydrogen-bond acceptors (Lipinski definition) is 4. The van der Waals surface area contributed by atoms with Gasteiger partial charge in [0.2, 0.25) is 0 Å². The molecular weight excluding hydrogens is 245 g/mol. The molecule has 0 bridgehead atoms. The Balaban J connectivity index is 1.91. The van der Waals surface area contributed by atoms with Gasteiger partial charge in [-0.1, -0.05) is 12.1 Å². The van der Waals surface area contributed by atoms with Crippen molar-refractivity contribution in [3.63, 3.8) is 0 Å². The zero-order valence-electron chi connectivity index (χ0n) is 10.6. The molecule has 1 heterocycles. The first-order chi connectivity index (χ1) is 9.15. The van der Waals surface area contributed by atoms with Crippen molar-refractivity contribution in [2.24, 2.45) is 0 Å². The van der Waals surface area contributed by atoms with Gasteiger partial charge in [0.25, 0.3) is 0 Å². The highest BCUT2D eigenvalue weighted by Crippen LogP contribution is 2.19. The minimum atomic E-state index is -0.639. The summed E-state index contributed by atoms with van der Waals surface area (Å²) in [6, 6.07) is 5.90. The maximum Gasteiger partial charge on any atom is 0.144 e. The van der Waals surface area contributed by atoms with Crippen LogP contribution in [-0.2, 0) is 0 Å². The van der Waals surface area contributed by atoms with Crippen LogP contribution in [0, 0.1) is 5.82 Å². The van der Waals surface area contributed by atoms with Crippen molar-refractivity contribution in [3.8, 4) is 0 Å². The normalized spacial score (nSPS) is 13.8. The highest BCUT2D eigenvalue weighted by atomic mass is 19.1. The van der Waals surface area contributed by atoms with Gasteiger partial charge >= 0.3 is 0 Å². The molecule has 4 nitrogen and oxygen atoms in total. The summed E-state index contributed by atoms with van der Waals surface area (Å²) < 4.78 is 12.8. The van der Waals surface area contributed by atoms with E-state index in [1.54, 1.807) is 30.7 Å². The summed E-state index contributed by atoms with van der Waals surface area (Å²) in [7, 11) is 0. The van der Waals surface area contributed by atoms with E-state index < -0.39 is 6.10 Å². The quantitative estimate of drug-likeness (QED) is 0.868. The second-order valence-corrected chi connectivity index (χ2v) is 4.44. The SMILES string of the molecule is C[C@H](C[C@H](O)c1ccc(F)cc1)Nc1cnccn1. The molecule has 0 fully saturated rings. The van der Waals surface area contributed by atoms with E-state index in [1.807, 2.05) is 6.92 Å². The van der Waals surface area contributed by atoms with Crippen molar-refractivity contribution in [2.75, 3.05) is 5.32 Å². The number of aliphatic hydroxyl groups is 1. The lowest BCUT2D eigenvalue weighted by molar-refractivity contribution is 0.162. The summed E-state index contributed by atoms with van der Waals surface area (Å²) in [6.07, 6.45) is 4.69. The monoisotopic (exact) mass is 261 g/mol. The van der Waals surface area contributed by atoms with Crippen LogP contribution in [0.3, 0.4) is 0 Å². The first-order valence-corrected chi connectivity index (χ1v) is 6.11. The number of anilines is 1. The molecule has 0 radical (unpaired) electrons. The Morgan fingerprint density at radius 2 is 2.00 bits per heavy atom. The minimum Gasteiger partial charge on any atom is -0.388 e. The third-order valence-corrected chi connectivity index (χ3v) is 2.79. The molecule has 0 aliphatic heterocycles. The molecule has 2 N–H and O–H groups in total. The summed E-state index contributed by atoms with van der Waals surface area (Å²) in [5.41, 5.74) is 0.703. The Bertz CT molecular complexity index is 504. The van der Waals surface area contributed by atoms with E-state index in [0.717, 1.165) is 0 Å². The van der Waals surface area contributed by atoms with Crippen molar-refractivity contribution in [2.45, 2.75) is 25.5 Å². The lowest BCUT2D eigenvalue weighted by Gasteiger charge is -2.18. The molecule has 2 rings (SSSR count). The van der Waals surface area contributed by atoms with Gasteiger partial charge in [-0.15, -0.1) is 0 Å². The Morgan fingerprint density at radius 3 is 2.63 bits per heavy atom. The number of rotatable bonds is 5. The molecule has 0 saturated carbocycles. The number of nitrogens with zero attached hydrogens (tertiary/aromatic N) is 2. The van der Waals surface area contributed by atoms with Gasteiger partial charge in [0.05, 0.1) is 12.3 Å². The van der Waals surface area contributed by atoms with Crippen LogP contribution in [0.2, 0.25) is 0 Å². The molecule has 0 amide bonds. The smallest absolute Gasteiger partial charge is 0.144 e. The van der Waals surface area contributed by atoms with Crippen molar-refractivity contribution < 1.29 is 9.50 Å². The van der Waals surface area contributed by atoms with E-state index >= 15 is 0 Å². The molecule has 1 aromatic carbocycles. The van der Waals surface area contributed by atoms with E-state index in [4.69, 9.17) is 0 Å². The van der Waals surface area contributed by atoms with Crippen molar-refractivity contribution in [1.82, 2.24) is 9.97 Å². The third kappa shape index (κ3) is 3.99. The van der Waals surface area contributed by atoms with Crippen LogP contribution in [0.15, 0.2) is 42.9 Å². The maximum absolute atomic E-state index is 12.8. The van der Waals surface area contributed by atoms with E-state index in [0.29, 0.717) is 17.8 Å². The van der Waals surface area contributed by atoms with Crippen LogP contribution < -0.4 is 5.32 Å². The molecular formula is C14H16FN3O. The maximum atomic E-state index is 12.8. The molecule has 19 heavy (non-hydrogen) atoms. The van der Waals surface area contributed by atoms with Crippen molar-refractivity contribution in [3.05, 3.63) is 54.2 Å². The summed E-state index contributed by atoms with van der Waals surface area (Å²) in [6.45, 7) is 1.95. The number of benzene rings is 1. The van der Waals surface area contributed by atoms with E-state index in [9.17, 15) is 9.50 Å². The second kappa shape index (κ2) is 6.24. The lowest BCUT2D eigenvalue weighted by Crippen LogP contribution is -2.19. The average molecular weight is 261 g/mol. The predicted octanol–water partition coefficient (Wildman–Crippen LogP) is 2.54. The van der Waals surface area contributed by atoms with Crippen molar-refractivity contribution >= 4 is 5.82 Å². The van der Waals surface area contributed by atoms with Crippen LogP contribution in [0.1, 0.15) is 25.0 Å². The number of aromatic nitrogens is 2. The topological polar surface area (TPSA) is 58.0 Å². The minimum absolute atomic E-state index is 0.0248. The van der Waals surface area contributed by atoms with Crippen LogP contribution in [0.25, 0.3) is 0 Å². The first kappa shape index (κ1) is 13.4. The molecule has 2 aromatic rings. The molecule has 0 aliphatic rings. The second-order valence-electron chi connectivity index (χ2n) is 4.44. The standard InChI is InChI=1S/C14H16FN3O/c1-10(18-14-9-16-6-7-17-14)8-13(19)11-2-4-12(15)5-3-11/h2-7,9-10,13,19H,8H2,1H3,(H,17,18)/t10-,13+/m1/s1. The van der Waals surface area contributed by atoms with E-state index in [1.165, 1.54) is 12.1 Å². The lowest BCUT2D eigenvalue weighted by atomic mass is 10.0. The predicted molar refractivity (Wildman–Crippen MR) is 71.1 cm³/mol. The molecule has 1 aromatic heterocycles. The molecule has 0 aliphatic carbocycles. The zero-order valence-corrected chi connectivity index (χ0v) is 10.6. The third-order valence-electron chi connectivity index (χ3n) is 2.79. The summed E-state index contributed by atoms with van der Waals surface area (Å²) in [5.74, 6) is 0.364. The molecule has 2 atom stereocenters. The van der Waals surface area contributed by atoms with E-state index in [-0.39, 0.29) is 11.9 Å². The van der Waals surface area contributed by atoms with Gasteiger partial charge in [0.1, 0.15) is 11.6 Å². The largest absolute Gasteiger partial charge is 0.388 e. The first-order valence-electron chi connectivity index (χ1n) is 6.11. The fourth-order valence-corrected chi connectivity index (χ4v) is 1.84. The van der Waals surface area contributed by atoms with Gasteiger partial charge in [-0.3, -0.25) is 4.98 Å². The van der Waals surface area contributed by atoms with Gasteiger partial charge in [-0.25, -0.2) is 9.37 Å². The molecule has 5 heteroatoms. The Kier molecular flexibility index (Phi) is 4.41. The molecule has 0 unspecified atom stereocenters. The highest BCUT2D eigenvalue weighted by Gasteiger charge is 2.12. The number of nitrogens with one attached hydrogen (secondary N) is 1. The van der Waals surface area contributed by atoms with Crippen LogP contribution >= 0.6 is 0 Å². The summed E-state index contributed by atoms with van der Waals surface area (Å²) in [4.78, 5) is 8.06. The Hall–Kier alpha value is -2.01. The zero-order chi connectivity index (χ0) is 13.7. The van der Waals surface area contributed by atoms with E-state index in [2.05, 4.69) is 15.3 Å². The fourth-order valence-electron chi connectivity index (χ4n) is 1.84. The van der Waals surface area contributed by atoms with Crippen LogP contribution in [0.5, 0.6) is 0 Å². The highest BCUT2D eigenvalue weighted by molar-refractivity contribution is 5.31. The van der Waals surface area contributed by atoms with Crippen molar-refractivity contribution in [1.29, 1.82) is 0 Å². The van der Waals surface area contributed by atoms with Gasteiger partial charge < -0.3 is 10.4 Å². The molecule has 100 valence electrons. The van der Waals surface area contributed by atoms with Crippen LogP contribution in [-0.4, -0.2) is 21.1 Å². The summed E-state index contributed by atoms with van der Waals surface area (Å²) in [5, 5.41) is 13.2.